The lowest BCUT2D eigenvalue weighted by Crippen LogP contribution is -2.41. The molecule has 1 atom stereocenters. The number of hydrogen-bond donors (Lipinski definition) is 1. The van der Waals surface area contributed by atoms with Gasteiger partial charge in [0.1, 0.15) is 12.4 Å². The van der Waals surface area contributed by atoms with Crippen molar-refractivity contribution < 1.29 is 32.6 Å². The smallest absolute Gasteiger partial charge is 0.410 e. The van der Waals surface area contributed by atoms with Gasteiger partial charge in [0.2, 0.25) is 9.84 Å². The van der Waals surface area contributed by atoms with Gasteiger partial charge >= 0.3 is 12.1 Å². The first-order valence-electron chi connectivity index (χ1n) is 12.7. The van der Waals surface area contributed by atoms with Gasteiger partial charge in [-0.1, -0.05) is 72.8 Å². The lowest BCUT2D eigenvalue weighted by molar-refractivity contribution is -0.139. The van der Waals surface area contributed by atoms with Crippen LogP contribution in [0.4, 0.5) is 4.79 Å². The number of sulfone groups is 1. The molecule has 1 heterocycles. The number of benzene rings is 4. The van der Waals surface area contributed by atoms with Gasteiger partial charge in [-0.25, -0.2) is 18.0 Å². The molecule has 1 N–H and O–H groups in total. The molecule has 0 saturated carbocycles. The van der Waals surface area contributed by atoms with Crippen LogP contribution in [0.1, 0.15) is 28.3 Å². The fourth-order valence-electron chi connectivity index (χ4n) is 4.81. The van der Waals surface area contributed by atoms with Crippen LogP contribution in [-0.2, 0) is 32.4 Å². The zero-order chi connectivity index (χ0) is 28.1. The van der Waals surface area contributed by atoms with Gasteiger partial charge in [-0.05, 0) is 53.4 Å². The molecule has 0 radical (unpaired) electrons. The van der Waals surface area contributed by atoms with Gasteiger partial charge in [-0.2, -0.15) is 0 Å². The average molecular weight is 558 g/mol. The summed E-state index contributed by atoms with van der Waals surface area (Å²) >= 11 is 0. The molecule has 0 bridgehead atoms. The second kappa shape index (κ2) is 11.6. The van der Waals surface area contributed by atoms with Gasteiger partial charge in [0, 0.05) is 12.1 Å². The molecule has 1 aliphatic heterocycles. The third kappa shape index (κ3) is 5.69. The van der Waals surface area contributed by atoms with Crippen LogP contribution in [0.15, 0.2) is 113 Å². The molecule has 9 heteroatoms. The minimum Gasteiger partial charge on any atom is -0.482 e. The van der Waals surface area contributed by atoms with Crippen LogP contribution in [0.25, 0.3) is 0 Å². The summed E-state index contributed by atoms with van der Waals surface area (Å²) in [5, 5.41) is 9.28. The van der Waals surface area contributed by atoms with E-state index in [0.29, 0.717) is 18.5 Å². The topological polar surface area (TPSA) is 110 Å². The predicted octanol–water partition coefficient (Wildman–Crippen LogP) is 5.27. The molecule has 8 nitrogen and oxygen atoms in total. The second-order valence-corrected chi connectivity index (χ2v) is 11.2. The Morgan fingerprint density at radius 2 is 1.50 bits per heavy atom. The Hall–Kier alpha value is -4.63. The van der Waals surface area contributed by atoms with E-state index in [-0.39, 0.29) is 22.1 Å². The number of carboxylic acids is 1. The molecule has 0 aliphatic carbocycles. The van der Waals surface area contributed by atoms with E-state index in [4.69, 9.17) is 9.47 Å². The lowest BCUT2D eigenvalue weighted by atomic mass is 9.88. The Kier molecular flexibility index (Phi) is 7.84. The number of carboxylic acid groups (broad SMARTS) is 1. The molecule has 40 heavy (non-hydrogen) atoms. The summed E-state index contributed by atoms with van der Waals surface area (Å²) in [7, 11) is -3.92. The number of ether oxygens (including phenoxy) is 2. The van der Waals surface area contributed by atoms with Crippen LogP contribution in [0.2, 0.25) is 0 Å². The van der Waals surface area contributed by atoms with Crippen LogP contribution in [0.3, 0.4) is 0 Å². The molecule has 1 aliphatic rings. The van der Waals surface area contributed by atoms with Gasteiger partial charge in [0.05, 0.1) is 15.8 Å². The molecule has 5 rings (SSSR count). The number of amides is 1. The maximum atomic E-state index is 13.5. The van der Waals surface area contributed by atoms with E-state index in [1.807, 2.05) is 54.6 Å². The van der Waals surface area contributed by atoms with Crippen molar-refractivity contribution in [1.82, 2.24) is 4.90 Å². The standard InChI is InChI=1S/C31H27NO7S/c33-29(34)21-38-28-16-15-25(40(36,37)24-12-5-2-6-13-24)19-27(28)30-26-14-8-7-11-23(26)17-18-32(30)31(35)39-20-22-9-3-1-4-10-22/h1-16,19,30H,17-18,20-21H2,(H,33,34). The van der Waals surface area contributed by atoms with Crippen LogP contribution in [0.5, 0.6) is 5.75 Å². The molecule has 0 aromatic heterocycles. The Morgan fingerprint density at radius 3 is 2.23 bits per heavy atom. The highest BCUT2D eigenvalue weighted by atomic mass is 32.2. The minimum atomic E-state index is -3.92. The van der Waals surface area contributed by atoms with Crippen molar-refractivity contribution in [1.29, 1.82) is 0 Å². The summed E-state index contributed by atoms with van der Waals surface area (Å²) in [5.41, 5.74) is 2.94. The zero-order valence-electron chi connectivity index (χ0n) is 21.5. The number of hydrogen-bond acceptors (Lipinski definition) is 6. The summed E-state index contributed by atoms with van der Waals surface area (Å²) in [5.74, 6) is -1.02. The Labute approximate surface area is 232 Å². The first-order chi connectivity index (χ1) is 19.3. The number of aliphatic carboxylic acids is 1. The van der Waals surface area contributed by atoms with Crippen molar-refractivity contribution in [3.8, 4) is 5.75 Å². The summed E-state index contributed by atoms with van der Waals surface area (Å²) in [6, 6.07) is 28.4. The maximum Gasteiger partial charge on any atom is 0.410 e. The number of fused-ring (bicyclic) bond motifs is 1. The molecule has 1 amide bonds. The molecule has 4 aromatic rings. The van der Waals surface area contributed by atoms with Crippen molar-refractivity contribution in [2.24, 2.45) is 0 Å². The molecule has 1 unspecified atom stereocenters. The monoisotopic (exact) mass is 557 g/mol. The summed E-state index contributed by atoms with van der Waals surface area (Å²) < 4.78 is 38.4. The van der Waals surface area contributed by atoms with E-state index in [2.05, 4.69) is 0 Å². The van der Waals surface area contributed by atoms with E-state index in [1.54, 1.807) is 18.2 Å². The van der Waals surface area contributed by atoms with E-state index in [9.17, 15) is 23.1 Å². The molecule has 0 fully saturated rings. The Balaban J connectivity index is 1.60. The van der Waals surface area contributed by atoms with Gasteiger partial charge in [-0.3, -0.25) is 4.90 Å². The van der Waals surface area contributed by atoms with Crippen molar-refractivity contribution in [3.63, 3.8) is 0 Å². The molecule has 4 aromatic carbocycles. The summed E-state index contributed by atoms with van der Waals surface area (Å²) in [6.45, 7) is -0.261. The minimum absolute atomic E-state index is 0.00275. The van der Waals surface area contributed by atoms with Crippen LogP contribution < -0.4 is 4.74 Å². The predicted molar refractivity (Wildman–Crippen MR) is 147 cm³/mol. The van der Waals surface area contributed by atoms with Crippen molar-refractivity contribution in [2.45, 2.75) is 28.9 Å². The highest BCUT2D eigenvalue weighted by Gasteiger charge is 2.36. The van der Waals surface area contributed by atoms with Crippen molar-refractivity contribution >= 4 is 21.9 Å². The SMILES string of the molecule is O=C(O)COc1ccc(S(=O)(=O)c2ccccc2)cc1C1c2ccccc2CCN1C(=O)OCc1ccccc1. The van der Waals surface area contributed by atoms with E-state index in [1.165, 1.54) is 35.2 Å². The lowest BCUT2D eigenvalue weighted by Gasteiger charge is -2.37. The van der Waals surface area contributed by atoms with E-state index in [0.717, 1.165) is 16.7 Å². The number of carbonyl (C=O) groups is 2. The summed E-state index contributed by atoms with van der Waals surface area (Å²) in [4.78, 5) is 26.5. The van der Waals surface area contributed by atoms with Gasteiger partial charge in [0.25, 0.3) is 0 Å². The third-order valence-corrected chi connectivity index (χ3v) is 8.48. The second-order valence-electron chi connectivity index (χ2n) is 9.28. The van der Waals surface area contributed by atoms with Crippen molar-refractivity contribution in [3.05, 3.63) is 125 Å². The summed E-state index contributed by atoms with van der Waals surface area (Å²) in [6.07, 6.45) is -0.00989. The molecular formula is C31H27NO7S. The number of nitrogens with zero attached hydrogens (tertiary/aromatic N) is 1. The first-order valence-corrected chi connectivity index (χ1v) is 14.2. The van der Waals surface area contributed by atoms with Crippen LogP contribution >= 0.6 is 0 Å². The Morgan fingerprint density at radius 1 is 0.825 bits per heavy atom. The molecular weight excluding hydrogens is 530 g/mol. The quantitative estimate of drug-likeness (QED) is 0.314. The van der Waals surface area contributed by atoms with Gasteiger partial charge in [-0.15, -0.1) is 0 Å². The number of rotatable bonds is 8. The van der Waals surface area contributed by atoms with Crippen LogP contribution in [0, 0.1) is 0 Å². The third-order valence-electron chi connectivity index (χ3n) is 6.71. The van der Waals surface area contributed by atoms with Crippen LogP contribution in [-0.4, -0.2) is 43.6 Å². The fraction of sp³-hybridized carbons (Fsp3) is 0.161. The van der Waals surface area contributed by atoms with Gasteiger partial charge in [0.15, 0.2) is 6.61 Å². The maximum absolute atomic E-state index is 13.5. The first kappa shape index (κ1) is 27.0. The molecule has 0 saturated heterocycles. The fourth-order valence-corrected chi connectivity index (χ4v) is 6.13. The van der Waals surface area contributed by atoms with E-state index < -0.39 is 34.5 Å². The van der Waals surface area contributed by atoms with Gasteiger partial charge < -0.3 is 14.6 Å². The zero-order valence-corrected chi connectivity index (χ0v) is 22.3. The molecule has 0 spiro atoms. The van der Waals surface area contributed by atoms with E-state index >= 15 is 0 Å². The Bertz CT molecular complexity index is 1620. The molecule has 204 valence electrons. The highest BCUT2D eigenvalue weighted by molar-refractivity contribution is 7.91. The number of carbonyl (C=O) groups excluding carboxylic acids is 1. The largest absolute Gasteiger partial charge is 0.482 e. The normalized spacial score (nSPS) is 14.7. The average Bonchev–Trinajstić information content (AvgIpc) is 2.99. The van der Waals surface area contributed by atoms with Crippen molar-refractivity contribution in [2.75, 3.05) is 13.2 Å². The highest BCUT2D eigenvalue weighted by Crippen LogP contribution is 2.41.